The molecule has 1 nitrogen and oxygen atoms in total. The molecule has 0 radical (unpaired) electrons. The van der Waals surface area contributed by atoms with Crippen molar-refractivity contribution in [1.82, 2.24) is 0 Å². The summed E-state index contributed by atoms with van der Waals surface area (Å²) in [6.45, 7) is 0. The van der Waals surface area contributed by atoms with E-state index in [1.165, 1.54) is 22.3 Å². The third kappa shape index (κ3) is 2.39. The Morgan fingerprint density at radius 3 is 2.54 bits per heavy atom. The molecule has 1 aromatic carbocycles. The summed E-state index contributed by atoms with van der Waals surface area (Å²) in [6, 6.07) is 8.36. The third-order valence-corrected chi connectivity index (χ3v) is 15.5. The van der Waals surface area contributed by atoms with E-state index in [0.717, 1.165) is 5.69 Å². The van der Waals surface area contributed by atoms with Gasteiger partial charge in [0.1, 0.15) is 0 Å². The first-order valence-electron chi connectivity index (χ1n) is 4.28. The molecule has 0 saturated carbocycles. The van der Waals surface area contributed by atoms with Crippen LogP contribution in [0, 0.1) is 0 Å². The maximum absolute atomic E-state index is 5.96. The number of rotatable bonds is 1. The summed E-state index contributed by atoms with van der Waals surface area (Å²) in [6.07, 6.45) is 1.37. The van der Waals surface area contributed by atoms with Gasteiger partial charge in [0.25, 0.3) is 0 Å². The van der Waals surface area contributed by atoms with Crippen LogP contribution in [0.1, 0.15) is 6.42 Å². The molecule has 1 aliphatic rings. The molecule has 0 aliphatic carbocycles. The van der Waals surface area contributed by atoms with Gasteiger partial charge in [-0.2, -0.15) is 0 Å². The molecule has 70 valence electrons. The molecule has 2 rings (SSSR count). The molecule has 13 heavy (non-hydrogen) atoms. The Hall–Kier alpha value is 0.278. The summed E-state index contributed by atoms with van der Waals surface area (Å²) in [5.41, 5.74) is 6.97. The van der Waals surface area contributed by atoms with Crippen LogP contribution in [-0.2, 0) is 0 Å². The molecule has 1 heterocycles. The molecule has 0 aromatic heterocycles. The first kappa shape index (κ1) is 9.82. The topological polar surface area (TPSA) is 26.0 Å². The number of hydrogen-bond donors (Lipinski definition) is 1. The fourth-order valence-corrected chi connectivity index (χ4v) is 14.8. The second kappa shape index (κ2) is 4.67. The van der Waals surface area contributed by atoms with E-state index in [1.54, 1.807) is 0 Å². The Kier molecular flexibility index (Phi) is 3.53. The molecule has 0 spiro atoms. The van der Waals surface area contributed by atoms with Gasteiger partial charge < -0.3 is 0 Å². The Bertz CT molecular complexity index is 287. The Balaban J connectivity index is 2.18. The quantitative estimate of drug-likeness (QED) is 0.624. The summed E-state index contributed by atoms with van der Waals surface area (Å²) in [5.74, 6) is 2.67. The maximum atomic E-state index is 5.96. The fraction of sp³-hybridized carbons (Fsp3) is 0.333. The van der Waals surface area contributed by atoms with Crippen LogP contribution in [0.5, 0.6) is 0 Å². The van der Waals surface area contributed by atoms with Crippen molar-refractivity contribution >= 4 is 42.4 Å². The number of hydrogen-bond acceptors (Lipinski definition) is 3. The Labute approximate surface area is 90.1 Å². The van der Waals surface area contributed by atoms with Gasteiger partial charge >= 0.3 is 90.4 Å². The van der Waals surface area contributed by atoms with Crippen LogP contribution in [0.25, 0.3) is 0 Å². The molecule has 0 unspecified atom stereocenters. The van der Waals surface area contributed by atoms with Crippen molar-refractivity contribution in [2.45, 2.75) is 6.42 Å². The van der Waals surface area contributed by atoms with Crippen molar-refractivity contribution < 1.29 is 0 Å². The van der Waals surface area contributed by atoms with Gasteiger partial charge in [-0.05, 0) is 0 Å². The molecule has 1 saturated heterocycles. The molecule has 0 bridgehead atoms. The monoisotopic (exact) mass is 273 g/mol. The average molecular weight is 273 g/mol. The standard InChI is InChI=1S/C9H12AsNS2/c11-9-5-2-1-4-8(9)10-12-6-3-7-13-10/h1-2,4-5H,3,6-7,11H2. The summed E-state index contributed by atoms with van der Waals surface area (Å²) in [5, 5.41) is 0. The van der Waals surface area contributed by atoms with Crippen LogP contribution in [0.3, 0.4) is 0 Å². The summed E-state index contributed by atoms with van der Waals surface area (Å²) < 4.78 is 1.45. The van der Waals surface area contributed by atoms with Gasteiger partial charge in [0, 0.05) is 0 Å². The van der Waals surface area contributed by atoms with Crippen LogP contribution >= 0.6 is 20.0 Å². The molecule has 1 fully saturated rings. The molecule has 2 N–H and O–H groups in total. The van der Waals surface area contributed by atoms with Gasteiger partial charge in [0.15, 0.2) is 0 Å². The minimum atomic E-state index is -0.884. The molecular formula is C9H12AsNS2. The van der Waals surface area contributed by atoms with Crippen LogP contribution in [0.2, 0.25) is 0 Å². The number of nitrogen functional groups attached to an aromatic ring is 1. The van der Waals surface area contributed by atoms with Crippen molar-refractivity contribution in [3.8, 4) is 0 Å². The van der Waals surface area contributed by atoms with Gasteiger partial charge in [-0.1, -0.05) is 0 Å². The molecule has 0 atom stereocenters. The first-order valence-corrected chi connectivity index (χ1v) is 11.7. The normalized spacial score (nSPS) is 18.8. The summed E-state index contributed by atoms with van der Waals surface area (Å²) in [7, 11) is 4.32. The zero-order chi connectivity index (χ0) is 9.10. The number of nitrogens with two attached hydrogens (primary N) is 1. The molecule has 4 heteroatoms. The van der Waals surface area contributed by atoms with E-state index in [4.69, 9.17) is 5.73 Å². The van der Waals surface area contributed by atoms with Gasteiger partial charge in [-0.25, -0.2) is 0 Å². The number of anilines is 1. The SMILES string of the molecule is Nc1ccccc1[As]1SCCCS1. The van der Waals surface area contributed by atoms with E-state index >= 15 is 0 Å². The predicted octanol–water partition coefficient (Wildman–Crippen LogP) is 1.83. The van der Waals surface area contributed by atoms with Crippen LogP contribution in [-0.4, -0.2) is 23.8 Å². The van der Waals surface area contributed by atoms with Gasteiger partial charge in [-0.15, -0.1) is 0 Å². The van der Waals surface area contributed by atoms with Gasteiger partial charge in [0.05, 0.1) is 0 Å². The summed E-state index contributed by atoms with van der Waals surface area (Å²) in [4.78, 5) is 0. The van der Waals surface area contributed by atoms with Gasteiger partial charge in [-0.3, -0.25) is 0 Å². The van der Waals surface area contributed by atoms with E-state index in [0.29, 0.717) is 0 Å². The Morgan fingerprint density at radius 1 is 1.15 bits per heavy atom. The van der Waals surface area contributed by atoms with E-state index in [9.17, 15) is 0 Å². The average Bonchev–Trinajstić information content (AvgIpc) is 2.20. The van der Waals surface area contributed by atoms with Crippen molar-refractivity contribution in [2.24, 2.45) is 0 Å². The van der Waals surface area contributed by atoms with Crippen LogP contribution < -0.4 is 10.1 Å². The second-order valence-corrected chi connectivity index (χ2v) is 14.5. The number of benzene rings is 1. The molecule has 0 amide bonds. The minimum absolute atomic E-state index is 0.884. The van der Waals surface area contributed by atoms with E-state index < -0.39 is 12.3 Å². The molecule has 1 aliphatic heterocycles. The van der Waals surface area contributed by atoms with E-state index in [2.05, 4.69) is 32.2 Å². The first-order chi connectivity index (χ1) is 6.38. The van der Waals surface area contributed by atoms with Crippen molar-refractivity contribution in [3.63, 3.8) is 0 Å². The Morgan fingerprint density at radius 2 is 1.85 bits per heavy atom. The van der Waals surface area contributed by atoms with E-state index in [-0.39, 0.29) is 0 Å². The second-order valence-electron chi connectivity index (χ2n) is 2.84. The predicted molar refractivity (Wildman–Crippen MR) is 65.8 cm³/mol. The molecule has 1 aromatic rings. The third-order valence-electron chi connectivity index (χ3n) is 1.84. The fourth-order valence-electron chi connectivity index (χ4n) is 1.18. The van der Waals surface area contributed by atoms with Crippen molar-refractivity contribution in [3.05, 3.63) is 24.3 Å². The molecular weight excluding hydrogens is 261 g/mol. The zero-order valence-electron chi connectivity index (χ0n) is 7.27. The van der Waals surface area contributed by atoms with Crippen LogP contribution in [0.4, 0.5) is 5.69 Å². The van der Waals surface area contributed by atoms with Gasteiger partial charge in [0.2, 0.25) is 0 Å². The van der Waals surface area contributed by atoms with Crippen LogP contribution in [0.15, 0.2) is 24.3 Å². The summed E-state index contributed by atoms with van der Waals surface area (Å²) >= 11 is -0.884. The van der Waals surface area contributed by atoms with Crippen molar-refractivity contribution in [2.75, 3.05) is 17.2 Å². The zero-order valence-corrected chi connectivity index (χ0v) is 10.8. The number of para-hydroxylation sites is 1. The van der Waals surface area contributed by atoms with Crippen molar-refractivity contribution in [1.29, 1.82) is 0 Å². The van der Waals surface area contributed by atoms with E-state index in [1.807, 2.05) is 12.1 Å².